The van der Waals surface area contributed by atoms with E-state index < -0.39 is 22.6 Å². The van der Waals surface area contributed by atoms with Gasteiger partial charge in [-0.3, -0.25) is 4.79 Å². The molecule has 0 N–H and O–H groups in total. The van der Waals surface area contributed by atoms with E-state index in [4.69, 9.17) is 18.5 Å². The summed E-state index contributed by atoms with van der Waals surface area (Å²) in [6.07, 6.45) is 2.96. The van der Waals surface area contributed by atoms with E-state index in [2.05, 4.69) is 10.3 Å². The first kappa shape index (κ1) is 26.1. The first-order valence-electron chi connectivity index (χ1n) is 9.35. The van der Waals surface area contributed by atoms with Gasteiger partial charge >= 0.3 is 5.97 Å². The molecule has 8 nitrogen and oxygen atoms in total. The second kappa shape index (κ2) is 12.5. The molecule has 0 unspecified atom stereocenters. The molecule has 0 fully saturated rings. The third-order valence-corrected chi connectivity index (χ3v) is 4.26. The molecule has 0 radical (unpaired) electrons. The van der Waals surface area contributed by atoms with E-state index in [1.54, 1.807) is 13.8 Å². The maximum Gasteiger partial charge on any atom is 0.317 e. The predicted octanol–water partition coefficient (Wildman–Crippen LogP) is 3.86. The molecule has 10 heteroatoms. The van der Waals surface area contributed by atoms with E-state index in [0.717, 1.165) is 0 Å². The van der Waals surface area contributed by atoms with Crippen LogP contribution in [0, 0.1) is 0 Å². The van der Waals surface area contributed by atoms with Gasteiger partial charge in [0, 0.05) is 12.5 Å². The van der Waals surface area contributed by atoms with Gasteiger partial charge in [-0.25, -0.2) is 4.79 Å². The van der Waals surface area contributed by atoms with Crippen LogP contribution in [0.15, 0.2) is 22.5 Å². The standard InChI is InChI=1S/C18H34N2O6Si2/c1-9-23-19-15(11-12-17(21)25-27(3,4)5)13-16(20-24-10-2)14-18(22)26-28(6,7)8/h11-12H,9-10,13-14H2,1-8H3/b12-11+,19-15-,20-16-. The first-order valence-corrected chi connectivity index (χ1v) is 16.2. The maximum atomic E-state index is 12.2. The van der Waals surface area contributed by atoms with E-state index in [0.29, 0.717) is 24.6 Å². The van der Waals surface area contributed by atoms with Crippen molar-refractivity contribution in [3.63, 3.8) is 0 Å². The summed E-state index contributed by atoms with van der Waals surface area (Å²) in [5.74, 6) is -0.805. The number of hydrogen-bond donors (Lipinski definition) is 0. The van der Waals surface area contributed by atoms with Crippen molar-refractivity contribution in [3.05, 3.63) is 12.2 Å². The summed E-state index contributed by atoms with van der Waals surface area (Å²) >= 11 is 0. The molecule has 0 aromatic carbocycles. The topological polar surface area (TPSA) is 95.8 Å². The SMILES string of the molecule is CCO/N=C(\CC(=O)O[Si](C)(C)C)CC(/C=C/C(=O)O[Si](C)(C)C)=N\OCC. The molecule has 0 spiro atoms. The molecule has 0 aromatic rings. The molecule has 0 aromatic heterocycles. The van der Waals surface area contributed by atoms with Crippen LogP contribution < -0.4 is 0 Å². The van der Waals surface area contributed by atoms with Crippen molar-refractivity contribution < 1.29 is 28.1 Å². The Balaban J connectivity index is 5.29. The Bertz CT molecular complexity index is 604. The van der Waals surface area contributed by atoms with Crippen molar-refractivity contribution in [2.75, 3.05) is 13.2 Å². The molecular formula is C18H34N2O6Si2. The van der Waals surface area contributed by atoms with Crippen LogP contribution in [0.5, 0.6) is 0 Å². The minimum Gasteiger partial charge on any atom is -0.520 e. The van der Waals surface area contributed by atoms with Gasteiger partial charge in [-0.15, -0.1) is 0 Å². The number of nitrogens with zero attached hydrogens (tertiary/aromatic N) is 2. The largest absolute Gasteiger partial charge is 0.520 e. The van der Waals surface area contributed by atoms with E-state index in [9.17, 15) is 9.59 Å². The lowest BCUT2D eigenvalue weighted by molar-refractivity contribution is -0.134. The molecule has 0 aliphatic carbocycles. The van der Waals surface area contributed by atoms with Crippen LogP contribution in [0.2, 0.25) is 39.3 Å². The van der Waals surface area contributed by atoms with Crippen LogP contribution in [0.4, 0.5) is 0 Å². The normalized spacial score (nSPS) is 13.4. The van der Waals surface area contributed by atoms with Gasteiger partial charge in [-0.2, -0.15) is 0 Å². The monoisotopic (exact) mass is 430 g/mol. The molecule has 0 saturated heterocycles. The molecule has 0 aliphatic heterocycles. The number of hydrogen-bond acceptors (Lipinski definition) is 8. The fourth-order valence-electron chi connectivity index (χ4n) is 1.81. The highest BCUT2D eigenvalue weighted by molar-refractivity contribution is 6.71. The van der Waals surface area contributed by atoms with Crippen LogP contribution in [0.1, 0.15) is 26.7 Å². The van der Waals surface area contributed by atoms with Crippen LogP contribution in [0.25, 0.3) is 0 Å². The Morgan fingerprint density at radius 2 is 1.32 bits per heavy atom. The van der Waals surface area contributed by atoms with Gasteiger partial charge in [0.1, 0.15) is 13.2 Å². The summed E-state index contributed by atoms with van der Waals surface area (Å²) in [5, 5.41) is 7.99. The van der Waals surface area contributed by atoms with Gasteiger partial charge in [-0.05, 0) is 59.2 Å². The minimum absolute atomic E-state index is 0.0252. The highest BCUT2D eigenvalue weighted by Gasteiger charge is 2.22. The number of carbonyl (C=O) groups excluding carboxylic acids is 2. The number of carbonyl (C=O) groups is 2. The van der Waals surface area contributed by atoms with Crippen LogP contribution >= 0.6 is 0 Å². The molecule has 160 valence electrons. The fourth-order valence-corrected chi connectivity index (χ4v) is 3.23. The molecule has 0 saturated carbocycles. The average molecular weight is 431 g/mol. The number of rotatable bonds is 12. The molecule has 0 bridgehead atoms. The van der Waals surface area contributed by atoms with Crippen molar-refractivity contribution in [2.24, 2.45) is 10.3 Å². The lowest BCUT2D eigenvalue weighted by Gasteiger charge is -2.17. The lowest BCUT2D eigenvalue weighted by atomic mass is 10.1. The highest BCUT2D eigenvalue weighted by Crippen LogP contribution is 2.08. The minimum atomic E-state index is -2.00. The Hall–Kier alpha value is -1.95. The molecule has 0 heterocycles. The molecule has 0 atom stereocenters. The second-order valence-electron chi connectivity index (χ2n) is 7.88. The molecule has 0 aliphatic rings. The third-order valence-electron chi connectivity index (χ3n) is 2.61. The Kier molecular flexibility index (Phi) is 11.6. The zero-order chi connectivity index (χ0) is 21.8. The smallest absolute Gasteiger partial charge is 0.317 e. The molecular weight excluding hydrogens is 396 g/mol. The van der Waals surface area contributed by atoms with Crippen LogP contribution in [0.3, 0.4) is 0 Å². The van der Waals surface area contributed by atoms with Crippen LogP contribution in [-0.2, 0) is 28.1 Å². The van der Waals surface area contributed by atoms with Gasteiger partial charge in [0.25, 0.3) is 5.97 Å². The summed E-state index contributed by atoms with van der Waals surface area (Å²) < 4.78 is 10.8. The van der Waals surface area contributed by atoms with Gasteiger partial charge < -0.3 is 18.5 Å². The van der Waals surface area contributed by atoms with E-state index >= 15 is 0 Å². The van der Waals surface area contributed by atoms with E-state index in [-0.39, 0.29) is 18.8 Å². The van der Waals surface area contributed by atoms with Crippen molar-refractivity contribution in [3.8, 4) is 0 Å². The molecule has 0 amide bonds. The third kappa shape index (κ3) is 15.1. The zero-order valence-corrected chi connectivity index (χ0v) is 20.3. The summed E-state index contributed by atoms with van der Waals surface area (Å²) in [7, 11) is -3.99. The Labute approximate surface area is 170 Å². The summed E-state index contributed by atoms with van der Waals surface area (Å²) in [4.78, 5) is 34.3. The van der Waals surface area contributed by atoms with Crippen molar-refractivity contribution >= 4 is 40.0 Å². The molecule has 28 heavy (non-hydrogen) atoms. The highest BCUT2D eigenvalue weighted by atomic mass is 28.4. The first-order chi connectivity index (χ1) is 12.9. The Morgan fingerprint density at radius 1 is 0.786 bits per heavy atom. The van der Waals surface area contributed by atoms with Gasteiger partial charge in [0.05, 0.1) is 17.8 Å². The lowest BCUT2D eigenvalue weighted by Crippen LogP contribution is -2.30. The Morgan fingerprint density at radius 3 is 1.82 bits per heavy atom. The van der Waals surface area contributed by atoms with E-state index in [1.807, 2.05) is 39.3 Å². The van der Waals surface area contributed by atoms with Gasteiger partial charge in [0.15, 0.2) is 0 Å². The van der Waals surface area contributed by atoms with Crippen molar-refractivity contribution in [1.29, 1.82) is 0 Å². The van der Waals surface area contributed by atoms with Crippen molar-refractivity contribution in [1.82, 2.24) is 0 Å². The maximum absolute atomic E-state index is 12.2. The predicted molar refractivity (Wildman–Crippen MR) is 115 cm³/mol. The number of allylic oxidation sites excluding steroid dienone is 1. The fraction of sp³-hybridized carbons (Fsp3) is 0.667. The second-order valence-corrected chi connectivity index (χ2v) is 16.7. The van der Waals surface area contributed by atoms with E-state index in [1.165, 1.54) is 12.2 Å². The number of oxime groups is 2. The van der Waals surface area contributed by atoms with Crippen molar-refractivity contribution in [2.45, 2.75) is 66.0 Å². The van der Waals surface area contributed by atoms with Gasteiger partial charge in [-0.1, -0.05) is 10.3 Å². The molecule has 0 rings (SSSR count). The van der Waals surface area contributed by atoms with Crippen LogP contribution in [-0.4, -0.2) is 53.2 Å². The zero-order valence-electron chi connectivity index (χ0n) is 18.3. The quantitative estimate of drug-likeness (QED) is 0.202. The summed E-state index contributed by atoms with van der Waals surface area (Å²) in [5.41, 5.74) is 0.861. The summed E-state index contributed by atoms with van der Waals surface area (Å²) in [6.45, 7) is 15.9. The summed E-state index contributed by atoms with van der Waals surface area (Å²) in [6, 6.07) is 0. The average Bonchev–Trinajstić information content (AvgIpc) is 2.51. The van der Waals surface area contributed by atoms with Gasteiger partial charge in [0.2, 0.25) is 16.6 Å².